The Morgan fingerprint density at radius 2 is 2.56 bits per heavy atom. The fourth-order valence-electron chi connectivity index (χ4n) is 1.91. The molecule has 0 saturated carbocycles. The maximum atomic E-state index is 10.8. The average Bonchev–Trinajstić information content (AvgIpc) is 2.58. The lowest BCUT2D eigenvalue weighted by atomic mass is 10.2. The van der Waals surface area contributed by atoms with Crippen molar-refractivity contribution in [2.75, 3.05) is 19.7 Å². The summed E-state index contributed by atoms with van der Waals surface area (Å²) in [5.41, 5.74) is 1.71. The van der Waals surface area contributed by atoms with Crippen molar-refractivity contribution in [2.24, 2.45) is 0 Å². The van der Waals surface area contributed by atoms with Gasteiger partial charge in [-0.3, -0.25) is 4.79 Å². The van der Waals surface area contributed by atoms with Crippen LogP contribution in [-0.4, -0.2) is 36.7 Å². The molecule has 0 aromatic carbocycles. The van der Waals surface area contributed by atoms with Crippen LogP contribution >= 0.6 is 15.9 Å². The Morgan fingerprint density at radius 3 is 3.12 bits per heavy atom. The van der Waals surface area contributed by atoms with Crippen molar-refractivity contribution in [3.63, 3.8) is 0 Å². The summed E-state index contributed by atoms with van der Waals surface area (Å²) in [5.74, 6) is 0. The molecule has 16 heavy (non-hydrogen) atoms. The highest BCUT2D eigenvalue weighted by molar-refractivity contribution is 9.10. The molecule has 1 aliphatic heterocycles. The minimum atomic E-state index is 0.177. The first kappa shape index (κ1) is 11.8. The molecule has 4 nitrogen and oxygen atoms in total. The summed E-state index contributed by atoms with van der Waals surface area (Å²) in [7, 11) is 0. The quantitative estimate of drug-likeness (QED) is 0.854. The Bertz CT molecular complexity index is 384. The number of carbonyl (C=O) groups is 1. The number of hydrogen-bond acceptors (Lipinski definition) is 3. The number of ether oxygens (including phenoxy) is 1. The number of nitrogens with zero attached hydrogens (tertiary/aromatic N) is 1. The van der Waals surface area contributed by atoms with Crippen LogP contribution in [0.15, 0.2) is 10.7 Å². The summed E-state index contributed by atoms with van der Waals surface area (Å²) in [5, 5.41) is 3.29. The van der Waals surface area contributed by atoms with E-state index in [1.54, 1.807) is 0 Å². The molecular weight excluding hydrogens is 272 g/mol. The lowest BCUT2D eigenvalue weighted by Gasteiger charge is -2.25. The lowest BCUT2D eigenvalue weighted by molar-refractivity contribution is 0.0176. The molecule has 88 valence electrons. The molecule has 1 aromatic rings. The van der Waals surface area contributed by atoms with Crippen molar-refractivity contribution in [1.29, 1.82) is 0 Å². The summed E-state index contributed by atoms with van der Waals surface area (Å²) < 4.78 is 8.64. The molecule has 2 rings (SSSR count). The highest BCUT2D eigenvalue weighted by atomic mass is 79.9. The third-order valence-electron chi connectivity index (χ3n) is 2.87. The van der Waals surface area contributed by atoms with Gasteiger partial charge in [-0.1, -0.05) is 0 Å². The number of hydrogen-bond donors (Lipinski definition) is 1. The summed E-state index contributed by atoms with van der Waals surface area (Å²) >= 11 is 3.46. The number of morpholine rings is 1. The van der Waals surface area contributed by atoms with Crippen LogP contribution in [0.5, 0.6) is 0 Å². The van der Waals surface area contributed by atoms with Crippen LogP contribution in [0.4, 0.5) is 0 Å². The fourth-order valence-corrected chi connectivity index (χ4v) is 2.57. The van der Waals surface area contributed by atoms with E-state index in [9.17, 15) is 4.79 Å². The van der Waals surface area contributed by atoms with Gasteiger partial charge in [-0.15, -0.1) is 0 Å². The Labute approximate surface area is 103 Å². The van der Waals surface area contributed by atoms with Gasteiger partial charge in [-0.05, 0) is 28.9 Å². The van der Waals surface area contributed by atoms with Gasteiger partial charge in [0.05, 0.1) is 23.9 Å². The molecule has 0 aliphatic carbocycles. The van der Waals surface area contributed by atoms with E-state index in [1.165, 1.54) is 0 Å². The molecule has 0 amide bonds. The number of rotatable bonds is 3. The monoisotopic (exact) mass is 286 g/mol. The minimum absolute atomic E-state index is 0.177. The standard InChI is InChI=1S/C11H15BrN2O2/c1-8-9(7-15)4-11(12)14(8)6-10-5-13-2-3-16-10/h4,7,10,13H,2-3,5-6H2,1H3. The molecule has 1 atom stereocenters. The van der Waals surface area contributed by atoms with Gasteiger partial charge in [0.2, 0.25) is 0 Å². The van der Waals surface area contributed by atoms with Gasteiger partial charge in [0.25, 0.3) is 0 Å². The molecule has 1 fully saturated rings. The van der Waals surface area contributed by atoms with Crippen LogP contribution < -0.4 is 5.32 Å². The second kappa shape index (κ2) is 5.12. The van der Waals surface area contributed by atoms with Gasteiger partial charge in [-0.25, -0.2) is 0 Å². The predicted octanol–water partition coefficient (Wildman–Crippen LogP) is 1.36. The van der Waals surface area contributed by atoms with E-state index in [2.05, 4.69) is 25.8 Å². The maximum absolute atomic E-state index is 10.8. The van der Waals surface area contributed by atoms with Gasteiger partial charge in [0, 0.05) is 24.3 Å². The van der Waals surface area contributed by atoms with Gasteiger partial charge in [0.1, 0.15) is 0 Å². The smallest absolute Gasteiger partial charge is 0.151 e. The number of nitrogens with one attached hydrogen (secondary N) is 1. The van der Waals surface area contributed by atoms with Crippen molar-refractivity contribution in [2.45, 2.75) is 19.6 Å². The van der Waals surface area contributed by atoms with E-state index in [0.29, 0.717) is 0 Å². The van der Waals surface area contributed by atoms with Gasteiger partial charge < -0.3 is 14.6 Å². The van der Waals surface area contributed by atoms with Crippen LogP contribution in [0.3, 0.4) is 0 Å². The Hall–Kier alpha value is -0.650. The molecule has 0 radical (unpaired) electrons. The van der Waals surface area contributed by atoms with E-state index < -0.39 is 0 Å². The van der Waals surface area contributed by atoms with Crippen molar-refractivity contribution >= 4 is 22.2 Å². The predicted molar refractivity (Wildman–Crippen MR) is 64.9 cm³/mol. The molecule has 0 bridgehead atoms. The topological polar surface area (TPSA) is 43.3 Å². The number of halogens is 1. The van der Waals surface area contributed by atoms with Crippen LogP contribution in [-0.2, 0) is 11.3 Å². The summed E-state index contributed by atoms with van der Waals surface area (Å²) in [4.78, 5) is 10.8. The largest absolute Gasteiger partial charge is 0.374 e. The molecule has 5 heteroatoms. The highest BCUT2D eigenvalue weighted by Crippen LogP contribution is 2.20. The van der Waals surface area contributed by atoms with E-state index in [0.717, 1.165) is 48.4 Å². The Morgan fingerprint density at radius 1 is 1.75 bits per heavy atom. The van der Waals surface area contributed by atoms with E-state index in [4.69, 9.17) is 4.74 Å². The van der Waals surface area contributed by atoms with Crippen LogP contribution in [0.2, 0.25) is 0 Å². The third kappa shape index (κ3) is 2.36. The second-order valence-corrected chi connectivity index (χ2v) is 4.75. The average molecular weight is 287 g/mol. The molecule has 1 aromatic heterocycles. The molecule has 1 saturated heterocycles. The molecular formula is C11H15BrN2O2. The lowest BCUT2D eigenvalue weighted by Crippen LogP contribution is -2.40. The second-order valence-electron chi connectivity index (χ2n) is 3.93. The van der Waals surface area contributed by atoms with E-state index in [-0.39, 0.29) is 6.10 Å². The summed E-state index contributed by atoms with van der Waals surface area (Å²) in [6.45, 7) is 5.25. The van der Waals surface area contributed by atoms with Crippen molar-refractivity contribution < 1.29 is 9.53 Å². The molecule has 0 spiro atoms. The zero-order valence-corrected chi connectivity index (χ0v) is 10.8. The number of aromatic nitrogens is 1. The van der Waals surface area contributed by atoms with E-state index in [1.807, 2.05) is 13.0 Å². The SMILES string of the molecule is Cc1c(C=O)cc(Br)n1CC1CNCCO1. The van der Waals surface area contributed by atoms with Crippen LogP contribution in [0.1, 0.15) is 16.1 Å². The van der Waals surface area contributed by atoms with Crippen molar-refractivity contribution in [3.8, 4) is 0 Å². The number of aldehydes is 1. The fraction of sp³-hybridized carbons (Fsp3) is 0.545. The third-order valence-corrected chi connectivity index (χ3v) is 3.53. The Kier molecular flexibility index (Phi) is 3.78. The first-order chi connectivity index (χ1) is 7.72. The summed E-state index contributed by atoms with van der Waals surface area (Å²) in [6.07, 6.45) is 1.06. The molecule has 2 heterocycles. The highest BCUT2D eigenvalue weighted by Gasteiger charge is 2.17. The zero-order chi connectivity index (χ0) is 11.5. The zero-order valence-electron chi connectivity index (χ0n) is 9.20. The normalized spacial score (nSPS) is 21.0. The van der Waals surface area contributed by atoms with Crippen LogP contribution in [0, 0.1) is 6.92 Å². The molecule has 1 unspecified atom stereocenters. The van der Waals surface area contributed by atoms with Crippen molar-refractivity contribution in [1.82, 2.24) is 9.88 Å². The Balaban J connectivity index is 2.13. The van der Waals surface area contributed by atoms with Gasteiger partial charge in [-0.2, -0.15) is 0 Å². The molecule has 1 N–H and O–H groups in total. The van der Waals surface area contributed by atoms with Crippen LogP contribution in [0.25, 0.3) is 0 Å². The van der Waals surface area contributed by atoms with E-state index >= 15 is 0 Å². The molecule has 1 aliphatic rings. The number of carbonyl (C=O) groups excluding carboxylic acids is 1. The van der Waals surface area contributed by atoms with Crippen molar-refractivity contribution in [3.05, 3.63) is 21.9 Å². The summed E-state index contributed by atoms with van der Waals surface area (Å²) in [6, 6.07) is 1.85. The first-order valence-electron chi connectivity index (χ1n) is 5.35. The van der Waals surface area contributed by atoms with Gasteiger partial charge in [0.15, 0.2) is 6.29 Å². The van der Waals surface area contributed by atoms with Gasteiger partial charge >= 0.3 is 0 Å². The minimum Gasteiger partial charge on any atom is -0.374 e. The maximum Gasteiger partial charge on any atom is 0.151 e. The first-order valence-corrected chi connectivity index (χ1v) is 6.15.